The van der Waals surface area contributed by atoms with Crippen LogP contribution >= 0.6 is 0 Å². The summed E-state index contributed by atoms with van der Waals surface area (Å²) in [6.45, 7) is 2.41. The normalized spacial score (nSPS) is 20.6. The predicted molar refractivity (Wildman–Crippen MR) is 122 cm³/mol. The maximum Gasteiger partial charge on any atom is 0.418 e. The molecular weight excluding hydrogens is 498 g/mol. The summed E-state index contributed by atoms with van der Waals surface area (Å²) in [5.41, 5.74) is 3.30. The third-order valence-corrected chi connectivity index (χ3v) is 6.67. The lowest BCUT2D eigenvalue weighted by Crippen LogP contribution is -2.50. The molecule has 0 radical (unpaired) electrons. The molecule has 196 valence electrons. The van der Waals surface area contributed by atoms with Crippen molar-refractivity contribution in [3.63, 3.8) is 0 Å². The molecule has 10 nitrogen and oxygen atoms in total. The van der Waals surface area contributed by atoms with Crippen LogP contribution in [0.2, 0.25) is 0 Å². The Morgan fingerprint density at radius 1 is 1.19 bits per heavy atom. The second kappa shape index (κ2) is 8.36. The van der Waals surface area contributed by atoms with Gasteiger partial charge in [0.25, 0.3) is 11.8 Å². The minimum atomic E-state index is -4.73. The maximum absolute atomic E-state index is 15.0. The van der Waals surface area contributed by atoms with Crippen LogP contribution in [0.1, 0.15) is 35.5 Å². The monoisotopic (exact) mass is 521 g/mol. The van der Waals surface area contributed by atoms with Crippen molar-refractivity contribution in [2.75, 3.05) is 25.4 Å². The van der Waals surface area contributed by atoms with Crippen LogP contribution in [0, 0.1) is 0 Å². The molecule has 14 heteroatoms. The third kappa shape index (κ3) is 4.14. The van der Waals surface area contributed by atoms with Gasteiger partial charge < -0.3 is 20.6 Å². The number of likely N-dealkylation sites (tertiary alicyclic amines) is 1. The average Bonchev–Trinajstić information content (AvgIpc) is 3.40. The fourth-order valence-electron chi connectivity index (χ4n) is 4.90. The molecule has 0 bridgehead atoms. The second-order valence-electron chi connectivity index (χ2n) is 9.67. The molecule has 2 amide bonds. The Balaban J connectivity index is 1.50. The largest absolute Gasteiger partial charge is 0.418 e. The Morgan fingerprint density at radius 3 is 2.59 bits per heavy atom. The number of nitrogens with zero attached hydrogens (tertiary/aromatic N) is 6. The van der Waals surface area contributed by atoms with E-state index in [9.17, 15) is 32.3 Å². The zero-order chi connectivity index (χ0) is 26.9. The number of anilines is 1. The molecule has 0 aliphatic carbocycles. The number of amides is 2. The molecule has 0 aromatic carbocycles. The van der Waals surface area contributed by atoms with Gasteiger partial charge in [0.15, 0.2) is 5.82 Å². The first-order valence-corrected chi connectivity index (χ1v) is 11.4. The van der Waals surface area contributed by atoms with Crippen LogP contribution < -0.4 is 5.73 Å². The number of aromatic nitrogens is 4. The van der Waals surface area contributed by atoms with Crippen LogP contribution in [0.5, 0.6) is 0 Å². The molecule has 0 saturated carbocycles. The zero-order valence-electron chi connectivity index (χ0n) is 19.8. The summed E-state index contributed by atoms with van der Waals surface area (Å²) in [6, 6.07) is 1.33. The van der Waals surface area contributed by atoms with Crippen molar-refractivity contribution in [3.05, 3.63) is 41.5 Å². The van der Waals surface area contributed by atoms with Gasteiger partial charge in [0.1, 0.15) is 23.6 Å². The Labute approximate surface area is 207 Å². The molecule has 2 aliphatic rings. The summed E-state index contributed by atoms with van der Waals surface area (Å²) < 4.78 is 57.1. The number of alkyl halides is 4. The van der Waals surface area contributed by atoms with E-state index in [-0.39, 0.29) is 42.3 Å². The van der Waals surface area contributed by atoms with Gasteiger partial charge in [0.05, 0.1) is 35.1 Å². The minimum Gasteiger partial charge on any atom is -0.382 e. The van der Waals surface area contributed by atoms with Gasteiger partial charge in [-0.2, -0.15) is 18.3 Å². The number of pyridine rings is 1. The summed E-state index contributed by atoms with van der Waals surface area (Å²) in [5, 5.41) is 13.9. The topological polar surface area (TPSA) is 130 Å². The number of carbonyl (C=O) groups is 2. The van der Waals surface area contributed by atoms with Gasteiger partial charge in [-0.25, -0.2) is 13.9 Å². The molecule has 0 unspecified atom stereocenters. The molecule has 37 heavy (non-hydrogen) atoms. The van der Waals surface area contributed by atoms with E-state index in [0.29, 0.717) is 12.1 Å². The molecule has 3 aromatic rings. The average molecular weight is 521 g/mol. The van der Waals surface area contributed by atoms with Crippen molar-refractivity contribution in [1.82, 2.24) is 29.4 Å². The molecule has 5 rings (SSSR count). The third-order valence-electron chi connectivity index (χ3n) is 6.67. The molecule has 3 N–H and O–H groups in total. The first kappa shape index (κ1) is 24.9. The van der Waals surface area contributed by atoms with Crippen molar-refractivity contribution in [1.29, 1.82) is 0 Å². The predicted octanol–water partition coefficient (Wildman–Crippen LogP) is 1.71. The molecular formula is C23H23F4N7O3. The van der Waals surface area contributed by atoms with Gasteiger partial charge in [0, 0.05) is 31.3 Å². The van der Waals surface area contributed by atoms with Gasteiger partial charge in [-0.05, 0) is 26.0 Å². The van der Waals surface area contributed by atoms with Gasteiger partial charge in [-0.15, -0.1) is 0 Å². The summed E-state index contributed by atoms with van der Waals surface area (Å²) in [4.78, 5) is 36.3. The van der Waals surface area contributed by atoms with Crippen LogP contribution in [0.25, 0.3) is 16.8 Å². The number of halogens is 4. The second-order valence-corrected chi connectivity index (χ2v) is 9.67. The Morgan fingerprint density at radius 2 is 1.92 bits per heavy atom. The number of hydrogen-bond acceptors (Lipinski definition) is 7. The number of aliphatic hydroxyl groups is 1. The Kier molecular flexibility index (Phi) is 5.62. The van der Waals surface area contributed by atoms with E-state index in [1.807, 2.05) is 0 Å². The first-order chi connectivity index (χ1) is 17.3. The highest BCUT2D eigenvalue weighted by atomic mass is 19.4. The highest BCUT2D eigenvalue weighted by molar-refractivity contribution is 5.98. The van der Waals surface area contributed by atoms with Crippen LogP contribution in [-0.2, 0) is 17.4 Å². The van der Waals surface area contributed by atoms with Crippen molar-refractivity contribution in [2.45, 2.75) is 44.3 Å². The van der Waals surface area contributed by atoms with Crippen LogP contribution in [-0.4, -0.2) is 83.8 Å². The fraction of sp³-hybridized carbons (Fsp3) is 0.435. The number of fused-ring (bicyclic) bond motifs is 2. The van der Waals surface area contributed by atoms with Crippen LogP contribution in [0.4, 0.5) is 23.4 Å². The summed E-state index contributed by atoms with van der Waals surface area (Å²) in [6.07, 6.45) is -3.60. The molecule has 2 aliphatic heterocycles. The molecule has 0 spiro atoms. The first-order valence-electron chi connectivity index (χ1n) is 11.4. The highest BCUT2D eigenvalue weighted by Gasteiger charge is 2.45. The standard InChI is InChI=1S/C23H23F4N7O3/c1-22(2,37)21(36)32-8-14(24)17(9-32)33-4-3-15-12(20(33)35)5-11(7-29-15)16-6-13(23(25,26)27)18-19(28)30-10-31-34(16)18/h5-7,10,14,17,37H,3-4,8-9H2,1-2H3,(H2,28,30,31)/t14-,17+/m0/s1. The number of carbonyl (C=O) groups excluding carboxylic acids is 2. The van der Waals surface area contributed by atoms with Crippen LogP contribution in [0.15, 0.2) is 24.7 Å². The summed E-state index contributed by atoms with van der Waals surface area (Å²) in [5.74, 6) is -1.55. The fourth-order valence-corrected chi connectivity index (χ4v) is 4.90. The lowest BCUT2D eigenvalue weighted by atomic mass is 9.99. The van der Waals surface area contributed by atoms with Gasteiger partial charge >= 0.3 is 6.18 Å². The van der Waals surface area contributed by atoms with Crippen molar-refractivity contribution in [3.8, 4) is 11.3 Å². The van der Waals surface area contributed by atoms with Crippen molar-refractivity contribution in [2.24, 2.45) is 0 Å². The van der Waals surface area contributed by atoms with E-state index in [1.54, 1.807) is 0 Å². The van der Waals surface area contributed by atoms with E-state index in [0.717, 1.165) is 16.9 Å². The minimum absolute atomic E-state index is 0.00262. The molecule has 1 saturated heterocycles. The molecule has 5 heterocycles. The summed E-state index contributed by atoms with van der Waals surface area (Å²) >= 11 is 0. The highest BCUT2D eigenvalue weighted by Crippen LogP contribution is 2.39. The van der Waals surface area contributed by atoms with E-state index in [1.165, 1.54) is 35.9 Å². The van der Waals surface area contributed by atoms with E-state index in [4.69, 9.17) is 5.73 Å². The quantitative estimate of drug-likeness (QED) is 0.502. The van der Waals surface area contributed by atoms with Gasteiger partial charge in [0.2, 0.25) is 0 Å². The zero-order valence-corrected chi connectivity index (χ0v) is 19.8. The lowest BCUT2D eigenvalue weighted by Gasteiger charge is -2.34. The van der Waals surface area contributed by atoms with E-state index in [2.05, 4.69) is 15.1 Å². The molecule has 2 atom stereocenters. The van der Waals surface area contributed by atoms with E-state index >= 15 is 0 Å². The van der Waals surface area contributed by atoms with Crippen molar-refractivity contribution < 1.29 is 32.3 Å². The lowest BCUT2D eigenvalue weighted by molar-refractivity contribution is -0.147. The summed E-state index contributed by atoms with van der Waals surface area (Å²) in [7, 11) is 0. The smallest absolute Gasteiger partial charge is 0.382 e. The number of rotatable bonds is 3. The van der Waals surface area contributed by atoms with Gasteiger partial charge in [-0.3, -0.25) is 14.6 Å². The number of nitrogen functional groups attached to an aromatic ring is 1. The number of nitrogens with two attached hydrogens (primary N) is 1. The maximum atomic E-state index is 15.0. The number of hydrogen-bond donors (Lipinski definition) is 2. The SMILES string of the molecule is CC(C)(O)C(=O)N1C[C@@H](N2CCc3ncc(-c4cc(C(F)(F)F)c5c(N)ncnn45)cc3C2=O)[C@@H](F)C1. The molecule has 3 aromatic heterocycles. The van der Waals surface area contributed by atoms with E-state index < -0.39 is 46.9 Å². The Hall–Kier alpha value is -3.81. The Bertz CT molecular complexity index is 1420. The van der Waals surface area contributed by atoms with Crippen molar-refractivity contribution >= 4 is 23.1 Å². The van der Waals surface area contributed by atoms with Crippen LogP contribution in [0.3, 0.4) is 0 Å². The van der Waals surface area contributed by atoms with Gasteiger partial charge in [-0.1, -0.05) is 0 Å². The molecule has 1 fully saturated rings.